The molecule has 0 spiro atoms. The molecule has 0 fully saturated rings. The number of halogens is 1. The van der Waals surface area contributed by atoms with Gasteiger partial charge in [-0.2, -0.15) is 5.10 Å². The molecule has 1 aliphatic heterocycles. The first kappa shape index (κ1) is 26.6. The average molecular weight is 576 g/mol. The Labute approximate surface area is 221 Å². The number of ketones is 1. The van der Waals surface area contributed by atoms with Gasteiger partial charge in [0, 0.05) is 26.9 Å². The van der Waals surface area contributed by atoms with E-state index in [1.54, 1.807) is 23.1 Å². The highest BCUT2D eigenvalue weighted by Crippen LogP contribution is 2.40. The van der Waals surface area contributed by atoms with Crippen molar-refractivity contribution in [3.63, 3.8) is 0 Å². The molecule has 0 N–H and O–H groups in total. The molecule has 0 aliphatic carbocycles. The van der Waals surface area contributed by atoms with E-state index >= 15 is 0 Å². The van der Waals surface area contributed by atoms with E-state index in [4.69, 9.17) is 9.72 Å². The first-order chi connectivity index (χ1) is 17.0. The van der Waals surface area contributed by atoms with E-state index in [0.717, 1.165) is 35.6 Å². The van der Waals surface area contributed by atoms with Gasteiger partial charge >= 0.3 is 0 Å². The van der Waals surface area contributed by atoms with Gasteiger partial charge in [-0.1, -0.05) is 42.5 Å². The van der Waals surface area contributed by atoms with Crippen LogP contribution in [0.3, 0.4) is 0 Å². The number of hydrogen-bond donors (Lipinski definition) is 0. The second-order valence-electron chi connectivity index (χ2n) is 10.6. The summed E-state index contributed by atoms with van der Waals surface area (Å²) in [5.41, 5.74) is 1.28. The van der Waals surface area contributed by atoms with Gasteiger partial charge in [0.25, 0.3) is 0 Å². The fourth-order valence-corrected chi connectivity index (χ4v) is 5.63. The second kappa shape index (κ2) is 10.5. The Morgan fingerprint density at radius 2 is 2.00 bits per heavy atom. The maximum absolute atomic E-state index is 13.5. The Hall–Kier alpha value is -2.44. The summed E-state index contributed by atoms with van der Waals surface area (Å²) in [6, 6.07) is 2.96. The lowest BCUT2D eigenvalue weighted by Crippen LogP contribution is -2.41. The molecule has 0 aromatic carbocycles. The summed E-state index contributed by atoms with van der Waals surface area (Å²) >= 11 is 3.57. The SMILES string of the molecule is CC[C@@H]1c2nnc(C)n2-c2cnc(C(Br)C(=O)c3ccnn3COCC[Si](C)(C)C)nc2N1C(C)C. The number of Topliss-reactive ketones (excluding diaryl/α,β-unsaturated/α-hetero) is 1. The first-order valence-electron chi connectivity index (χ1n) is 12.4. The Bertz CT molecular complexity index is 1240. The van der Waals surface area contributed by atoms with Crippen LogP contribution < -0.4 is 4.90 Å². The monoisotopic (exact) mass is 574 g/mol. The fourth-order valence-electron chi connectivity index (χ4n) is 4.42. The normalized spacial score (nSPS) is 16.2. The topological polar surface area (TPSA) is 104 Å². The summed E-state index contributed by atoms with van der Waals surface area (Å²) in [5.74, 6) is 2.69. The van der Waals surface area contributed by atoms with E-state index < -0.39 is 12.9 Å². The molecule has 4 rings (SSSR count). The van der Waals surface area contributed by atoms with E-state index in [-0.39, 0.29) is 24.6 Å². The molecule has 0 saturated heterocycles. The molecule has 3 aromatic rings. The molecular formula is C24H35BrN8O2Si. The van der Waals surface area contributed by atoms with Crippen molar-refractivity contribution in [1.29, 1.82) is 0 Å². The number of carbonyl (C=O) groups excluding carboxylic acids is 1. The van der Waals surface area contributed by atoms with Crippen LogP contribution in [-0.4, -0.2) is 61.0 Å². The van der Waals surface area contributed by atoms with Crippen molar-refractivity contribution < 1.29 is 9.53 Å². The third-order valence-electron chi connectivity index (χ3n) is 6.32. The van der Waals surface area contributed by atoms with Gasteiger partial charge in [0.05, 0.1) is 12.2 Å². The molecular weight excluding hydrogens is 540 g/mol. The van der Waals surface area contributed by atoms with E-state index in [0.29, 0.717) is 18.1 Å². The molecule has 1 unspecified atom stereocenters. The summed E-state index contributed by atoms with van der Waals surface area (Å²) in [5, 5.41) is 13.1. The van der Waals surface area contributed by atoms with Gasteiger partial charge in [0.2, 0.25) is 5.78 Å². The molecule has 36 heavy (non-hydrogen) atoms. The average Bonchev–Trinajstić information content (AvgIpc) is 3.45. The number of hydrogen-bond acceptors (Lipinski definition) is 8. The van der Waals surface area contributed by atoms with Crippen molar-refractivity contribution in [3.8, 4) is 5.69 Å². The minimum atomic E-state index is -1.19. The van der Waals surface area contributed by atoms with E-state index in [2.05, 4.69) is 81.5 Å². The second-order valence-corrected chi connectivity index (χ2v) is 17.1. The lowest BCUT2D eigenvalue weighted by atomic mass is 10.1. The summed E-state index contributed by atoms with van der Waals surface area (Å²) < 4.78 is 9.44. The Kier molecular flexibility index (Phi) is 7.77. The Morgan fingerprint density at radius 3 is 2.67 bits per heavy atom. The number of fused-ring (bicyclic) bond motifs is 3. The molecule has 4 heterocycles. The van der Waals surface area contributed by atoms with Gasteiger partial charge in [-0.15, -0.1) is 10.2 Å². The van der Waals surface area contributed by atoms with Crippen molar-refractivity contribution in [2.75, 3.05) is 11.5 Å². The largest absolute Gasteiger partial charge is 0.360 e. The lowest BCUT2D eigenvalue weighted by Gasteiger charge is -2.40. The van der Waals surface area contributed by atoms with Crippen LogP contribution in [0, 0.1) is 6.92 Å². The summed E-state index contributed by atoms with van der Waals surface area (Å²) in [4.78, 5) is 24.5. The third kappa shape index (κ3) is 5.16. The van der Waals surface area contributed by atoms with Crippen LogP contribution >= 0.6 is 15.9 Å². The van der Waals surface area contributed by atoms with Crippen molar-refractivity contribution in [3.05, 3.63) is 41.6 Å². The summed E-state index contributed by atoms with van der Waals surface area (Å²) in [6.07, 6.45) is 4.23. The number of rotatable bonds is 10. The Morgan fingerprint density at radius 1 is 1.25 bits per heavy atom. The minimum absolute atomic E-state index is 0.0284. The summed E-state index contributed by atoms with van der Waals surface area (Å²) in [7, 11) is -1.19. The summed E-state index contributed by atoms with van der Waals surface area (Å²) in [6.45, 7) is 16.1. The number of ether oxygens (including phenoxy) is 1. The quantitative estimate of drug-likeness (QED) is 0.146. The van der Waals surface area contributed by atoms with Crippen molar-refractivity contribution >= 4 is 35.6 Å². The molecule has 3 aromatic heterocycles. The standard InChI is InChI=1S/C24H35BrN8O2Si/c1-8-17-24-30-29-16(4)33(24)19-13-26-22(28-23(19)32(17)15(2)3)20(25)21(34)18-9-10-27-31(18)14-35-11-12-36(5,6)7/h9-10,13,15,17,20H,8,11-12,14H2,1-7H3/t17-,20?/m1/s1. The molecule has 0 bridgehead atoms. The fraction of sp³-hybridized carbons (Fsp3) is 0.583. The highest BCUT2D eigenvalue weighted by Gasteiger charge is 2.37. The molecule has 2 atom stereocenters. The van der Waals surface area contributed by atoms with E-state index in [9.17, 15) is 4.79 Å². The number of carbonyl (C=O) groups is 1. The van der Waals surface area contributed by atoms with E-state index in [1.807, 2.05) is 11.5 Å². The van der Waals surface area contributed by atoms with Crippen LogP contribution in [0.4, 0.5) is 5.82 Å². The maximum atomic E-state index is 13.5. The van der Waals surface area contributed by atoms with E-state index in [1.165, 1.54) is 0 Å². The highest BCUT2D eigenvalue weighted by atomic mass is 79.9. The first-order valence-corrected chi connectivity index (χ1v) is 17.0. The van der Waals surface area contributed by atoms with Crippen LogP contribution in [0.2, 0.25) is 25.7 Å². The van der Waals surface area contributed by atoms with Gasteiger partial charge in [-0.05, 0) is 39.3 Å². The van der Waals surface area contributed by atoms with Crippen molar-refractivity contribution in [1.82, 2.24) is 34.5 Å². The number of anilines is 1. The zero-order valence-electron chi connectivity index (χ0n) is 22.1. The molecule has 1 aliphatic rings. The van der Waals surface area contributed by atoms with Gasteiger partial charge in [-0.3, -0.25) is 9.36 Å². The van der Waals surface area contributed by atoms with Gasteiger partial charge in [-0.25, -0.2) is 14.6 Å². The lowest BCUT2D eigenvalue weighted by molar-refractivity contribution is 0.0730. The maximum Gasteiger partial charge on any atom is 0.202 e. The van der Waals surface area contributed by atoms with Crippen LogP contribution in [0.15, 0.2) is 18.5 Å². The van der Waals surface area contributed by atoms with Crippen molar-refractivity contribution in [2.45, 2.75) is 83.4 Å². The van der Waals surface area contributed by atoms with Crippen molar-refractivity contribution in [2.24, 2.45) is 0 Å². The number of aryl methyl sites for hydroxylation is 1. The Balaban J connectivity index is 1.61. The van der Waals surface area contributed by atoms with Gasteiger partial charge < -0.3 is 9.64 Å². The smallest absolute Gasteiger partial charge is 0.202 e. The van der Waals surface area contributed by atoms with Gasteiger partial charge in [0.15, 0.2) is 17.5 Å². The molecule has 0 radical (unpaired) electrons. The van der Waals surface area contributed by atoms with Crippen LogP contribution in [0.25, 0.3) is 5.69 Å². The van der Waals surface area contributed by atoms with Crippen LogP contribution in [0.1, 0.15) is 66.0 Å². The predicted molar refractivity (Wildman–Crippen MR) is 145 cm³/mol. The number of nitrogens with zero attached hydrogens (tertiary/aromatic N) is 8. The van der Waals surface area contributed by atoms with Crippen LogP contribution in [-0.2, 0) is 11.5 Å². The molecule has 10 nitrogen and oxygen atoms in total. The molecule has 194 valence electrons. The number of aromatic nitrogens is 7. The zero-order valence-corrected chi connectivity index (χ0v) is 24.7. The molecule has 0 saturated carbocycles. The molecule has 0 amide bonds. The zero-order chi connectivity index (χ0) is 26.2. The van der Waals surface area contributed by atoms with Gasteiger partial charge in [0.1, 0.15) is 28.8 Å². The predicted octanol–water partition coefficient (Wildman–Crippen LogP) is 4.87. The van der Waals surface area contributed by atoms with Crippen LogP contribution in [0.5, 0.6) is 0 Å². The third-order valence-corrected chi connectivity index (χ3v) is 8.85. The minimum Gasteiger partial charge on any atom is -0.360 e. The number of alkyl halides is 1. The highest BCUT2D eigenvalue weighted by molar-refractivity contribution is 9.09. The molecule has 12 heteroatoms.